The number of piperazine rings is 1. The molecular weight excluding hydrogens is 292 g/mol. The largest absolute Gasteiger partial charge is 0.450 e. The third-order valence-electron chi connectivity index (χ3n) is 4.12. The number of amides is 1. The molecule has 1 fully saturated rings. The molecule has 1 amide bonds. The zero-order valence-electron chi connectivity index (χ0n) is 13.9. The summed E-state index contributed by atoms with van der Waals surface area (Å²) in [6.07, 6.45) is -0.230. The van der Waals surface area contributed by atoms with Crippen molar-refractivity contribution in [1.82, 2.24) is 14.9 Å². The molecule has 0 aromatic carbocycles. The second kappa shape index (κ2) is 6.40. The Labute approximate surface area is 136 Å². The first kappa shape index (κ1) is 15.5. The predicted molar refractivity (Wildman–Crippen MR) is 89.8 cm³/mol. The average molecular weight is 314 g/mol. The van der Waals surface area contributed by atoms with Crippen LogP contribution in [0.3, 0.4) is 0 Å². The fourth-order valence-electron chi connectivity index (χ4n) is 2.93. The first-order chi connectivity index (χ1) is 11.1. The maximum absolute atomic E-state index is 11.8. The van der Waals surface area contributed by atoms with E-state index in [1.807, 2.05) is 19.9 Å². The zero-order valence-corrected chi connectivity index (χ0v) is 13.9. The molecule has 122 valence electrons. The van der Waals surface area contributed by atoms with E-state index >= 15 is 0 Å². The van der Waals surface area contributed by atoms with E-state index in [1.54, 1.807) is 4.90 Å². The standard InChI is InChI=1S/C17H22N4O2/c1-4-23-17(22)21-9-7-20(8-10-21)15-6-5-14-12(2)11-13(3)18-16(14)19-15/h5-6,11H,4,7-10H2,1-3H3. The van der Waals surface area contributed by atoms with Gasteiger partial charge in [0.2, 0.25) is 0 Å². The highest BCUT2D eigenvalue weighted by Gasteiger charge is 2.22. The van der Waals surface area contributed by atoms with Crippen molar-refractivity contribution in [3.05, 3.63) is 29.5 Å². The maximum atomic E-state index is 11.8. The van der Waals surface area contributed by atoms with Crippen molar-refractivity contribution >= 4 is 22.9 Å². The van der Waals surface area contributed by atoms with Gasteiger partial charge in [0.1, 0.15) is 5.82 Å². The Morgan fingerprint density at radius 3 is 2.61 bits per heavy atom. The van der Waals surface area contributed by atoms with Gasteiger partial charge < -0.3 is 14.5 Å². The van der Waals surface area contributed by atoms with E-state index in [4.69, 9.17) is 9.72 Å². The molecule has 0 aliphatic carbocycles. The summed E-state index contributed by atoms with van der Waals surface area (Å²) in [5.74, 6) is 0.915. The third kappa shape index (κ3) is 3.21. The van der Waals surface area contributed by atoms with Crippen LogP contribution in [0.25, 0.3) is 11.0 Å². The van der Waals surface area contributed by atoms with Gasteiger partial charge in [-0.2, -0.15) is 0 Å². The summed E-state index contributed by atoms with van der Waals surface area (Å²) in [7, 11) is 0. The van der Waals surface area contributed by atoms with Crippen molar-refractivity contribution in [2.45, 2.75) is 20.8 Å². The Bertz CT molecular complexity index is 724. The average Bonchev–Trinajstić information content (AvgIpc) is 2.54. The number of anilines is 1. The molecule has 0 bridgehead atoms. The molecule has 0 N–H and O–H groups in total. The van der Waals surface area contributed by atoms with Crippen LogP contribution in [0.15, 0.2) is 18.2 Å². The molecular formula is C17H22N4O2. The molecule has 1 aliphatic heterocycles. The van der Waals surface area contributed by atoms with E-state index in [2.05, 4.69) is 28.9 Å². The first-order valence-electron chi connectivity index (χ1n) is 8.00. The van der Waals surface area contributed by atoms with Crippen molar-refractivity contribution in [3.63, 3.8) is 0 Å². The molecule has 0 saturated carbocycles. The van der Waals surface area contributed by atoms with Crippen LogP contribution < -0.4 is 4.90 Å². The lowest BCUT2D eigenvalue weighted by molar-refractivity contribution is 0.105. The second-order valence-electron chi connectivity index (χ2n) is 5.79. The van der Waals surface area contributed by atoms with Gasteiger partial charge in [-0.1, -0.05) is 0 Å². The minimum Gasteiger partial charge on any atom is -0.450 e. The summed E-state index contributed by atoms with van der Waals surface area (Å²) in [5, 5.41) is 1.09. The van der Waals surface area contributed by atoms with Crippen LogP contribution in [0, 0.1) is 13.8 Å². The minimum absolute atomic E-state index is 0.230. The lowest BCUT2D eigenvalue weighted by atomic mass is 10.1. The lowest BCUT2D eigenvalue weighted by Crippen LogP contribution is -2.49. The number of nitrogens with zero attached hydrogens (tertiary/aromatic N) is 4. The van der Waals surface area contributed by atoms with Gasteiger partial charge in [0.05, 0.1) is 6.61 Å². The highest BCUT2D eigenvalue weighted by Crippen LogP contribution is 2.21. The van der Waals surface area contributed by atoms with Crippen molar-refractivity contribution in [2.24, 2.45) is 0 Å². The number of hydrogen-bond acceptors (Lipinski definition) is 5. The summed E-state index contributed by atoms with van der Waals surface area (Å²) in [5.41, 5.74) is 2.96. The van der Waals surface area contributed by atoms with Gasteiger partial charge in [0.15, 0.2) is 5.65 Å². The maximum Gasteiger partial charge on any atom is 0.409 e. The number of aryl methyl sites for hydroxylation is 2. The topological polar surface area (TPSA) is 58.6 Å². The van der Waals surface area contributed by atoms with Crippen LogP contribution in [0.2, 0.25) is 0 Å². The van der Waals surface area contributed by atoms with Gasteiger partial charge in [0, 0.05) is 37.3 Å². The van der Waals surface area contributed by atoms with E-state index in [0.29, 0.717) is 19.7 Å². The molecule has 0 atom stereocenters. The Balaban J connectivity index is 1.76. The quantitative estimate of drug-likeness (QED) is 0.852. The normalized spacial score (nSPS) is 15.1. The van der Waals surface area contributed by atoms with Gasteiger partial charge in [-0.25, -0.2) is 14.8 Å². The first-order valence-corrected chi connectivity index (χ1v) is 8.00. The number of pyridine rings is 2. The van der Waals surface area contributed by atoms with E-state index in [9.17, 15) is 4.79 Å². The van der Waals surface area contributed by atoms with Crippen LogP contribution in [0.1, 0.15) is 18.2 Å². The number of aromatic nitrogens is 2. The summed E-state index contributed by atoms with van der Waals surface area (Å²) in [6.45, 7) is 9.11. The van der Waals surface area contributed by atoms with E-state index < -0.39 is 0 Å². The van der Waals surface area contributed by atoms with Crippen LogP contribution in [0.5, 0.6) is 0 Å². The predicted octanol–water partition coefficient (Wildman–Crippen LogP) is 2.53. The van der Waals surface area contributed by atoms with Crippen LogP contribution in [-0.2, 0) is 4.74 Å². The third-order valence-corrected chi connectivity index (χ3v) is 4.12. The number of ether oxygens (including phenoxy) is 1. The molecule has 1 saturated heterocycles. The fraction of sp³-hybridized carbons (Fsp3) is 0.471. The Morgan fingerprint density at radius 2 is 1.91 bits per heavy atom. The van der Waals surface area contributed by atoms with Gasteiger partial charge in [0.25, 0.3) is 0 Å². The fourth-order valence-corrected chi connectivity index (χ4v) is 2.93. The number of hydrogen-bond donors (Lipinski definition) is 0. The molecule has 0 spiro atoms. The minimum atomic E-state index is -0.230. The van der Waals surface area contributed by atoms with Crippen molar-refractivity contribution < 1.29 is 9.53 Å². The smallest absolute Gasteiger partial charge is 0.409 e. The molecule has 1 aliphatic rings. The SMILES string of the molecule is CCOC(=O)N1CCN(c2ccc3c(C)cc(C)nc3n2)CC1. The Morgan fingerprint density at radius 1 is 1.17 bits per heavy atom. The van der Waals surface area contributed by atoms with Gasteiger partial charge in [-0.05, 0) is 44.5 Å². The zero-order chi connectivity index (χ0) is 16.4. The van der Waals surface area contributed by atoms with Gasteiger partial charge in [-0.3, -0.25) is 0 Å². The monoisotopic (exact) mass is 314 g/mol. The molecule has 3 rings (SSSR count). The van der Waals surface area contributed by atoms with Crippen molar-refractivity contribution in [1.29, 1.82) is 0 Å². The number of carbonyl (C=O) groups excluding carboxylic acids is 1. The Kier molecular flexibility index (Phi) is 4.32. The van der Waals surface area contributed by atoms with E-state index in [1.165, 1.54) is 5.56 Å². The summed E-state index contributed by atoms with van der Waals surface area (Å²) >= 11 is 0. The molecule has 0 unspecified atom stereocenters. The molecule has 23 heavy (non-hydrogen) atoms. The van der Waals surface area contributed by atoms with Crippen LogP contribution in [-0.4, -0.2) is 53.7 Å². The number of fused-ring (bicyclic) bond motifs is 1. The molecule has 6 heteroatoms. The summed E-state index contributed by atoms with van der Waals surface area (Å²) in [4.78, 5) is 24.9. The van der Waals surface area contributed by atoms with Crippen molar-refractivity contribution in [3.8, 4) is 0 Å². The van der Waals surface area contributed by atoms with E-state index in [0.717, 1.165) is 35.6 Å². The van der Waals surface area contributed by atoms with Crippen molar-refractivity contribution in [2.75, 3.05) is 37.7 Å². The van der Waals surface area contributed by atoms with Gasteiger partial charge >= 0.3 is 6.09 Å². The highest BCUT2D eigenvalue weighted by atomic mass is 16.6. The highest BCUT2D eigenvalue weighted by molar-refractivity contribution is 5.80. The molecule has 2 aromatic heterocycles. The number of rotatable bonds is 2. The Hall–Kier alpha value is -2.37. The molecule has 0 radical (unpaired) electrons. The molecule has 3 heterocycles. The molecule has 2 aromatic rings. The lowest BCUT2D eigenvalue weighted by Gasteiger charge is -2.34. The molecule has 6 nitrogen and oxygen atoms in total. The van der Waals surface area contributed by atoms with Gasteiger partial charge in [-0.15, -0.1) is 0 Å². The van der Waals surface area contributed by atoms with Crippen LogP contribution >= 0.6 is 0 Å². The summed E-state index contributed by atoms with van der Waals surface area (Å²) in [6, 6.07) is 6.19. The number of carbonyl (C=O) groups is 1. The summed E-state index contributed by atoms with van der Waals surface area (Å²) < 4.78 is 5.05. The van der Waals surface area contributed by atoms with E-state index in [-0.39, 0.29) is 6.09 Å². The van der Waals surface area contributed by atoms with Crippen LogP contribution in [0.4, 0.5) is 10.6 Å². The second-order valence-corrected chi connectivity index (χ2v) is 5.79.